The first-order chi connectivity index (χ1) is 8.92. The zero-order valence-corrected chi connectivity index (χ0v) is 16.1. The standard InChI is InChI=1S/C14H31NO3Si2/c1-8-9-10-11-12(16)15(20(5,6)7)13(14(17)18)19(2,3)4/h13H,8-11H2,1-7H3,(H,17,18). The quantitative estimate of drug-likeness (QED) is 0.550. The van der Waals surface area contributed by atoms with Gasteiger partial charge in [-0.15, -0.1) is 0 Å². The lowest BCUT2D eigenvalue weighted by Crippen LogP contribution is -2.65. The lowest BCUT2D eigenvalue weighted by molar-refractivity contribution is -0.143. The number of carboxylic acid groups (broad SMARTS) is 1. The average molecular weight is 318 g/mol. The van der Waals surface area contributed by atoms with Crippen LogP contribution in [-0.4, -0.2) is 43.5 Å². The third-order valence-corrected chi connectivity index (χ3v) is 7.66. The molecular weight excluding hydrogens is 286 g/mol. The number of hydrogen-bond donors (Lipinski definition) is 1. The van der Waals surface area contributed by atoms with Crippen molar-refractivity contribution in [2.75, 3.05) is 0 Å². The van der Waals surface area contributed by atoms with Crippen LogP contribution in [0.4, 0.5) is 0 Å². The SMILES string of the molecule is CCCCCC(=O)N(C(C(=O)O)[Si](C)(C)C)[Si](C)(C)C. The van der Waals surface area contributed by atoms with Crippen LogP contribution in [0.15, 0.2) is 0 Å². The number of amides is 1. The van der Waals surface area contributed by atoms with Crippen LogP contribution in [0.3, 0.4) is 0 Å². The molecule has 0 radical (unpaired) electrons. The minimum absolute atomic E-state index is 0.0347. The van der Waals surface area contributed by atoms with Crippen molar-refractivity contribution in [2.45, 2.75) is 77.6 Å². The van der Waals surface area contributed by atoms with E-state index in [0.717, 1.165) is 19.3 Å². The van der Waals surface area contributed by atoms with Gasteiger partial charge >= 0.3 is 5.97 Å². The predicted molar refractivity (Wildman–Crippen MR) is 89.1 cm³/mol. The Hall–Kier alpha value is -0.626. The Morgan fingerprint density at radius 1 is 1.05 bits per heavy atom. The van der Waals surface area contributed by atoms with Gasteiger partial charge in [-0.25, -0.2) is 0 Å². The van der Waals surface area contributed by atoms with Crippen LogP contribution in [0, 0.1) is 0 Å². The Morgan fingerprint density at radius 2 is 1.55 bits per heavy atom. The first-order valence-corrected chi connectivity index (χ1v) is 14.5. The molecule has 1 amide bonds. The zero-order chi connectivity index (χ0) is 16.1. The molecule has 4 nitrogen and oxygen atoms in total. The number of carbonyl (C=O) groups excluding carboxylic acids is 1. The molecule has 0 aliphatic rings. The van der Waals surface area contributed by atoms with Gasteiger partial charge in [-0.2, -0.15) is 0 Å². The fraction of sp³-hybridized carbons (Fsp3) is 0.857. The van der Waals surface area contributed by atoms with Crippen molar-refractivity contribution in [2.24, 2.45) is 0 Å². The lowest BCUT2D eigenvalue weighted by atomic mass is 10.2. The highest BCUT2D eigenvalue weighted by Gasteiger charge is 2.45. The average Bonchev–Trinajstić information content (AvgIpc) is 2.21. The van der Waals surface area contributed by atoms with Gasteiger partial charge in [0.05, 0.1) is 8.07 Å². The summed E-state index contributed by atoms with van der Waals surface area (Å²) in [4.78, 5) is 24.3. The van der Waals surface area contributed by atoms with E-state index >= 15 is 0 Å². The summed E-state index contributed by atoms with van der Waals surface area (Å²) in [6.45, 7) is 14.3. The van der Waals surface area contributed by atoms with Gasteiger partial charge in [-0.3, -0.25) is 9.59 Å². The van der Waals surface area contributed by atoms with Crippen LogP contribution >= 0.6 is 0 Å². The molecule has 0 aromatic carbocycles. The molecule has 0 saturated heterocycles. The molecule has 0 aliphatic heterocycles. The number of aliphatic carboxylic acids is 1. The van der Waals surface area contributed by atoms with E-state index in [1.807, 2.05) is 19.6 Å². The predicted octanol–water partition coefficient (Wildman–Crippen LogP) is 3.56. The topological polar surface area (TPSA) is 57.6 Å². The maximum absolute atomic E-state index is 12.6. The first kappa shape index (κ1) is 19.4. The molecule has 0 rings (SSSR count). The fourth-order valence-electron chi connectivity index (χ4n) is 2.42. The zero-order valence-electron chi connectivity index (χ0n) is 14.1. The van der Waals surface area contributed by atoms with E-state index in [1.165, 1.54) is 0 Å². The van der Waals surface area contributed by atoms with E-state index in [-0.39, 0.29) is 5.91 Å². The Labute approximate surface area is 125 Å². The Bertz CT molecular complexity index is 345. The molecule has 20 heavy (non-hydrogen) atoms. The molecule has 6 heteroatoms. The summed E-state index contributed by atoms with van der Waals surface area (Å²) in [5.74, 6) is -0.803. The molecule has 118 valence electrons. The van der Waals surface area contributed by atoms with Gasteiger partial charge in [0, 0.05) is 6.42 Å². The van der Waals surface area contributed by atoms with E-state index in [0.29, 0.717) is 6.42 Å². The van der Waals surface area contributed by atoms with Crippen molar-refractivity contribution in [3.63, 3.8) is 0 Å². The summed E-state index contributed by atoms with van der Waals surface area (Å²) in [7, 11) is -4.00. The van der Waals surface area contributed by atoms with Gasteiger partial charge in [0.1, 0.15) is 5.67 Å². The van der Waals surface area contributed by atoms with Gasteiger partial charge in [0.2, 0.25) is 5.91 Å². The lowest BCUT2D eigenvalue weighted by Gasteiger charge is -2.43. The second-order valence-corrected chi connectivity index (χ2v) is 17.6. The third kappa shape index (κ3) is 5.79. The molecule has 0 saturated carbocycles. The minimum Gasteiger partial charge on any atom is -0.480 e. The molecule has 0 aromatic rings. The number of hydrogen-bond acceptors (Lipinski definition) is 2. The largest absolute Gasteiger partial charge is 0.480 e. The van der Waals surface area contributed by atoms with E-state index in [1.54, 1.807) is 4.57 Å². The summed E-state index contributed by atoms with van der Waals surface area (Å²) >= 11 is 0. The molecule has 0 bridgehead atoms. The number of unbranched alkanes of at least 4 members (excludes halogenated alkanes) is 2. The Kier molecular flexibility index (Phi) is 7.17. The van der Waals surface area contributed by atoms with Crippen molar-refractivity contribution >= 4 is 28.2 Å². The van der Waals surface area contributed by atoms with E-state index in [2.05, 4.69) is 26.6 Å². The molecule has 0 heterocycles. The summed E-state index contributed by atoms with van der Waals surface area (Å²) in [5, 5.41) is 9.63. The van der Waals surface area contributed by atoms with Crippen molar-refractivity contribution in [1.82, 2.24) is 4.57 Å². The van der Waals surface area contributed by atoms with Crippen LogP contribution < -0.4 is 0 Å². The van der Waals surface area contributed by atoms with E-state index < -0.39 is 27.9 Å². The van der Waals surface area contributed by atoms with Crippen molar-refractivity contribution in [3.05, 3.63) is 0 Å². The monoisotopic (exact) mass is 317 g/mol. The van der Waals surface area contributed by atoms with E-state index in [9.17, 15) is 14.7 Å². The highest BCUT2D eigenvalue weighted by Crippen LogP contribution is 2.24. The molecular formula is C14H31NO3Si2. The van der Waals surface area contributed by atoms with E-state index in [4.69, 9.17) is 0 Å². The molecule has 1 N–H and O–H groups in total. The summed E-state index contributed by atoms with van der Waals surface area (Å²) in [5.41, 5.74) is -0.608. The summed E-state index contributed by atoms with van der Waals surface area (Å²) in [6.07, 6.45) is 3.42. The third-order valence-electron chi connectivity index (χ3n) is 3.30. The number of rotatable bonds is 8. The Morgan fingerprint density at radius 3 is 1.85 bits per heavy atom. The minimum atomic E-state index is -2.01. The van der Waals surface area contributed by atoms with Crippen LogP contribution in [-0.2, 0) is 9.59 Å². The second-order valence-electron chi connectivity index (χ2n) is 7.50. The van der Waals surface area contributed by atoms with Crippen LogP contribution in [0.25, 0.3) is 0 Å². The Balaban J connectivity index is 5.33. The highest BCUT2D eigenvalue weighted by molar-refractivity contribution is 6.84. The highest BCUT2D eigenvalue weighted by atomic mass is 28.3. The van der Waals surface area contributed by atoms with Gasteiger partial charge in [-0.1, -0.05) is 59.0 Å². The number of carbonyl (C=O) groups is 2. The first-order valence-electron chi connectivity index (χ1n) is 7.48. The smallest absolute Gasteiger partial charge is 0.322 e. The molecule has 1 atom stereocenters. The second kappa shape index (κ2) is 7.40. The van der Waals surface area contributed by atoms with Crippen molar-refractivity contribution < 1.29 is 14.7 Å². The van der Waals surface area contributed by atoms with Crippen LogP contribution in [0.1, 0.15) is 32.6 Å². The molecule has 1 unspecified atom stereocenters. The molecule has 0 aliphatic carbocycles. The van der Waals surface area contributed by atoms with Gasteiger partial charge < -0.3 is 9.67 Å². The molecule has 0 aromatic heterocycles. The molecule has 0 spiro atoms. The van der Waals surface area contributed by atoms with Crippen molar-refractivity contribution in [3.8, 4) is 0 Å². The number of nitrogens with zero attached hydrogens (tertiary/aromatic N) is 1. The number of carboxylic acids is 1. The van der Waals surface area contributed by atoms with Gasteiger partial charge in [-0.05, 0) is 6.42 Å². The maximum atomic E-state index is 12.6. The van der Waals surface area contributed by atoms with Crippen LogP contribution in [0.5, 0.6) is 0 Å². The van der Waals surface area contributed by atoms with Crippen molar-refractivity contribution in [1.29, 1.82) is 0 Å². The van der Waals surface area contributed by atoms with Gasteiger partial charge in [0.15, 0.2) is 8.24 Å². The molecule has 0 fully saturated rings. The summed E-state index contributed by atoms with van der Waals surface area (Å²) < 4.78 is 1.76. The maximum Gasteiger partial charge on any atom is 0.322 e. The van der Waals surface area contributed by atoms with Crippen LogP contribution in [0.2, 0.25) is 39.3 Å². The van der Waals surface area contributed by atoms with Gasteiger partial charge in [0.25, 0.3) is 0 Å². The fourth-order valence-corrected chi connectivity index (χ4v) is 8.15. The summed E-state index contributed by atoms with van der Waals surface area (Å²) in [6, 6.07) is 0. The normalized spacial score (nSPS) is 13.9.